The van der Waals surface area contributed by atoms with E-state index >= 15 is 0 Å². The Morgan fingerprint density at radius 1 is 1.55 bits per heavy atom. The number of thiazole rings is 1. The lowest BCUT2D eigenvalue weighted by Crippen LogP contribution is -2.08. The highest BCUT2D eigenvalue weighted by atomic mass is 35.5. The number of benzene rings is 1. The third-order valence-electron chi connectivity index (χ3n) is 2.82. The number of aryl methyl sites for hydroxylation is 1. The Morgan fingerprint density at radius 2 is 2.30 bits per heavy atom. The molecule has 0 saturated carbocycles. The van der Waals surface area contributed by atoms with E-state index in [-0.39, 0.29) is 11.7 Å². The van der Waals surface area contributed by atoms with E-state index < -0.39 is 4.92 Å². The van der Waals surface area contributed by atoms with Crippen molar-refractivity contribution in [3.63, 3.8) is 0 Å². The molecule has 0 aliphatic rings. The molecule has 1 unspecified atom stereocenters. The minimum Gasteiger partial charge on any atom is -0.371 e. The Morgan fingerprint density at radius 3 is 2.90 bits per heavy atom. The molecule has 0 spiro atoms. The van der Waals surface area contributed by atoms with Crippen LogP contribution in [0.1, 0.15) is 29.8 Å². The molecule has 0 aliphatic heterocycles. The van der Waals surface area contributed by atoms with Gasteiger partial charge >= 0.3 is 0 Å². The summed E-state index contributed by atoms with van der Waals surface area (Å²) < 4.78 is 0. The Kier molecular flexibility index (Phi) is 4.57. The number of hydrogen-bond donors (Lipinski definition) is 1. The highest BCUT2D eigenvalue weighted by Gasteiger charge is 2.18. The van der Waals surface area contributed by atoms with Gasteiger partial charge in [0.15, 0.2) is 0 Å². The van der Waals surface area contributed by atoms with Gasteiger partial charge < -0.3 is 5.32 Å². The van der Waals surface area contributed by atoms with Gasteiger partial charge in [-0.15, -0.1) is 11.3 Å². The average molecular weight is 312 g/mol. The van der Waals surface area contributed by atoms with Crippen LogP contribution in [0, 0.1) is 10.1 Å². The summed E-state index contributed by atoms with van der Waals surface area (Å²) in [5.74, 6) is 0. The number of hydrogen-bond acceptors (Lipinski definition) is 5. The minimum absolute atomic E-state index is 0.0309. The normalized spacial score (nSPS) is 12.2. The van der Waals surface area contributed by atoms with Crippen LogP contribution in [0.25, 0.3) is 0 Å². The van der Waals surface area contributed by atoms with Gasteiger partial charge in [-0.25, -0.2) is 4.98 Å². The molecule has 20 heavy (non-hydrogen) atoms. The van der Waals surface area contributed by atoms with E-state index in [9.17, 15) is 10.1 Å². The molecule has 1 aromatic heterocycles. The number of aromatic nitrogens is 1. The molecule has 1 atom stereocenters. The second-order valence-corrected chi connectivity index (χ2v) is 5.89. The van der Waals surface area contributed by atoms with Crippen LogP contribution < -0.4 is 5.32 Å². The molecule has 1 aromatic carbocycles. The highest BCUT2D eigenvalue weighted by molar-refractivity contribution is 7.11. The summed E-state index contributed by atoms with van der Waals surface area (Å²) in [4.78, 5) is 16.1. The summed E-state index contributed by atoms with van der Waals surface area (Å²) in [6, 6.07) is 4.49. The molecule has 5 nitrogen and oxygen atoms in total. The zero-order chi connectivity index (χ0) is 14.7. The number of nitro groups is 1. The number of anilines is 1. The number of halogens is 1. The molecular formula is C13H14ClN3O2S. The molecule has 1 heterocycles. The predicted octanol–water partition coefficient (Wildman–Crippen LogP) is 4.44. The van der Waals surface area contributed by atoms with Crippen molar-refractivity contribution in [3.8, 4) is 0 Å². The standard InChI is InChI=1S/C13H14ClN3O2S/c1-3-10-7-15-13(20-10)8(2)16-11-5-4-9(14)6-12(11)17(18)19/h4-8,16H,3H2,1-2H3. The van der Waals surface area contributed by atoms with Gasteiger partial charge in [0.2, 0.25) is 0 Å². The van der Waals surface area contributed by atoms with Gasteiger partial charge in [0.05, 0.1) is 11.0 Å². The molecule has 0 fully saturated rings. The summed E-state index contributed by atoms with van der Waals surface area (Å²) in [5, 5.41) is 15.4. The summed E-state index contributed by atoms with van der Waals surface area (Å²) in [7, 11) is 0. The zero-order valence-electron chi connectivity index (χ0n) is 11.1. The molecule has 0 aliphatic carbocycles. The fourth-order valence-electron chi connectivity index (χ4n) is 1.76. The largest absolute Gasteiger partial charge is 0.371 e. The first-order valence-electron chi connectivity index (χ1n) is 6.16. The molecule has 0 saturated heterocycles. The van der Waals surface area contributed by atoms with Crippen LogP contribution in [0.2, 0.25) is 5.02 Å². The van der Waals surface area contributed by atoms with E-state index in [1.54, 1.807) is 23.5 Å². The molecule has 106 valence electrons. The maximum Gasteiger partial charge on any atom is 0.293 e. The molecule has 1 N–H and O–H groups in total. The number of rotatable bonds is 5. The highest BCUT2D eigenvalue weighted by Crippen LogP contribution is 2.31. The van der Waals surface area contributed by atoms with Crippen molar-refractivity contribution in [2.75, 3.05) is 5.32 Å². The third kappa shape index (κ3) is 3.26. The lowest BCUT2D eigenvalue weighted by Gasteiger charge is -2.13. The van der Waals surface area contributed by atoms with Crippen molar-refractivity contribution in [1.82, 2.24) is 4.98 Å². The van der Waals surface area contributed by atoms with Crippen LogP contribution in [0.4, 0.5) is 11.4 Å². The fourth-order valence-corrected chi connectivity index (χ4v) is 2.79. The van der Waals surface area contributed by atoms with E-state index in [0.29, 0.717) is 10.7 Å². The van der Waals surface area contributed by atoms with Crippen molar-refractivity contribution in [1.29, 1.82) is 0 Å². The monoisotopic (exact) mass is 311 g/mol. The van der Waals surface area contributed by atoms with Crippen LogP contribution in [0.3, 0.4) is 0 Å². The van der Waals surface area contributed by atoms with Gasteiger partial charge in [-0.3, -0.25) is 10.1 Å². The van der Waals surface area contributed by atoms with Gasteiger partial charge in [0, 0.05) is 22.2 Å². The maximum atomic E-state index is 11.0. The van der Waals surface area contributed by atoms with E-state index in [0.717, 1.165) is 11.4 Å². The molecular weight excluding hydrogens is 298 g/mol. The molecule has 0 bridgehead atoms. The smallest absolute Gasteiger partial charge is 0.293 e. The number of nitrogens with one attached hydrogen (secondary N) is 1. The molecule has 2 rings (SSSR count). The van der Waals surface area contributed by atoms with Crippen molar-refractivity contribution in [2.24, 2.45) is 0 Å². The van der Waals surface area contributed by atoms with Crippen molar-refractivity contribution in [2.45, 2.75) is 26.3 Å². The Hall–Kier alpha value is -1.66. The lowest BCUT2D eigenvalue weighted by atomic mass is 10.2. The second kappa shape index (κ2) is 6.19. The fraction of sp³-hybridized carbons (Fsp3) is 0.308. The SMILES string of the molecule is CCc1cnc(C(C)Nc2ccc(Cl)cc2[N+](=O)[O-])s1. The van der Waals surface area contributed by atoms with E-state index in [1.807, 2.05) is 13.1 Å². The molecule has 7 heteroatoms. The Balaban J connectivity index is 2.23. The van der Waals surface area contributed by atoms with Gasteiger partial charge in [-0.05, 0) is 25.5 Å². The van der Waals surface area contributed by atoms with Gasteiger partial charge in [0.25, 0.3) is 5.69 Å². The Bertz CT molecular complexity index is 630. The first-order valence-corrected chi connectivity index (χ1v) is 7.35. The quantitative estimate of drug-likeness (QED) is 0.654. The van der Waals surface area contributed by atoms with Crippen LogP contribution in [0.5, 0.6) is 0 Å². The second-order valence-electron chi connectivity index (χ2n) is 4.30. The molecule has 2 aromatic rings. The number of nitrogens with zero attached hydrogens (tertiary/aromatic N) is 2. The molecule has 0 radical (unpaired) electrons. The van der Waals surface area contributed by atoms with Crippen LogP contribution >= 0.6 is 22.9 Å². The summed E-state index contributed by atoms with van der Waals surface area (Å²) in [6.45, 7) is 4.00. The third-order valence-corrected chi connectivity index (χ3v) is 4.38. The first-order chi connectivity index (χ1) is 9.51. The van der Waals surface area contributed by atoms with Crippen LogP contribution in [-0.2, 0) is 6.42 Å². The van der Waals surface area contributed by atoms with Crippen molar-refractivity contribution < 1.29 is 4.92 Å². The van der Waals surface area contributed by atoms with E-state index in [1.165, 1.54) is 10.9 Å². The van der Waals surface area contributed by atoms with Gasteiger partial charge in [0.1, 0.15) is 10.7 Å². The molecule has 0 amide bonds. The summed E-state index contributed by atoms with van der Waals surface area (Å²) in [6.07, 6.45) is 2.78. The van der Waals surface area contributed by atoms with Crippen molar-refractivity contribution >= 4 is 34.3 Å². The zero-order valence-corrected chi connectivity index (χ0v) is 12.7. The average Bonchev–Trinajstić information content (AvgIpc) is 2.89. The lowest BCUT2D eigenvalue weighted by molar-refractivity contribution is -0.384. The van der Waals surface area contributed by atoms with Crippen LogP contribution in [-0.4, -0.2) is 9.91 Å². The van der Waals surface area contributed by atoms with E-state index in [4.69, 9.17) is 11.6 Å². The Labute approximate surface area is 125 Å². The predicted molar refractivity (Wildman–Crippen MR) is 81.6 cm³/mol. The van der Waals surface area contributed by atoms with E-state index in [2.05, 4.69) is 17.2 Å². The summed E-state index contributed by atoms with van der Waals surface area (Å²) in [5.41, 5.74) is 0.414. The maximum absolute atomic E-state index is 11.0. The minimum atomic E-state index is -0.444. The van der Waals surface area contributed by atoms with Crippen LogP contribution in [0.15, 0.2) is 24.4 Å². The number of nitro benzene ring substituents is 1. The van der Waals surface area contributed by atoms with Gasteiger partial charge in [-0.2, -0.15) is 0 Å². The topological polar surface area (TPSA) is 68.1 Å². The summed E-state index contributed by atoms with van der Waals surface area (Å²) >= 11 is 7.40. The van der Waals surface area contributed by atoms with Gasteiger partial charge in [-0.1, -0.05) is 18.5 Å². The first kappa shape index (κ1) is 14.7. The van der Waals surface area contributed by atoms with Crippen molar-refractivity contribution in [3.05, 3.63) is 49.4 Å².